The summed E-state index contributed by atoms with van der Waals surface area (Å²) in [5, 5.41) is 0. The van der Waals surface area contributed by atoms with Gasteiger partial charge in [0, 0.05) is 24.3 Å². The normalized spacial score (nSPS) is 15.9. The van der Waals surface area contributed by atoms with E-state index >= 15 is 0 Å². The van der Waals surface area contributed by atoms with Gasteiger partial charge in [0.05, 0.1) is 0 Å². The number of carbonyl (C=O) groups excluding carboxylic acids is 1. The second kappa shape index (κ2) is 6.45. The molecule has 2 N–H and O–H groups in total. The van der Waals surface area contributed by atoms with Gasteiger partial charge in [-0.3, -0.25) is 4.79 Å². The number of benzene rings is 1. The molecular formula is C15H22N2O2. The lowest BCUT2D eigenvalue weighted by atomic mass is 10.2. The number of nitrogens with two attached hydrogens (primary N) is 1. The Balaban J connectivity index is 1.90. The van der Waals surface area contributed by atoms with Crippen LogP contribution in [0.1, 0.15) is 31.2 Å². The molecule has 1 aromatic rings. The van der Waals surface area contributed by atoms with Crippen LogP contribution in [0.2, 0.25) is 0 Å². The number of hydrogen-bond acceptors (Lipinski definition) is 3. The van der Waals surface area contributed by atoms with Crippen LogP contribution in [0.5, 0.6) is 5.75 Å². The SMILES string of the molecule is Cc1c(N)cccc1OCC(=O)N1CCCCCC1. The molecule has 4 heteroatoms. The van der Waals surface area contributed by atoms with Gasteiger partial charge < -0.3 is 15.4 Å². The summed E-state index contributed by atoms with van der Waals surface area (Å²) in [7, 11) is 0. The van der Waals surface area contributed by atoms with E-state index in [4.69, 9.17) is 10.5 Å². The van der Waals surface area contributed by atoms with Crippen molar-refractivity contribution in [3.05, 3.63) is 23.8 Å². The molecule has 0 aliphatic carbocycles. The number of hydrogen-bond donors (Lipinski definition) is 1. The maximum absolute atomic E-state index is 12.1. The van der Waals surface area contributed by atoms with Crippen molar-refractivity contribution in [2.24, 2.45) is 0 Å². The topological polar surface area (TPSA) is 55.6 Å². The summed E-state index contributed by atoms with van der Waals surface area (Å²) in [4.78, 5) is 14.0. The van der Waals surface area contributed by atoms with Gasteiger partial charge in [0.1, 0.15) is 5.75 Å². The number of amides is 1. The number of carbonyl (C=O) groups is 1. The number of nitrogen functional groups attached to an aromatic ring is 1. The van der Waals surface area contributed by atoms with Gasteiger partial charge in [-0.05, 0) is 31.9 Å². The molecule has 0 saturated carbocycles. The Morgan fingerprint density at radius 3 is 2.63 bits per heavy atom. The second-order valence-electron chi connectivity index (χ2n) is 5.05. The molecule has 19 heavy (non-hydrogen) atoms. The Morgan fingerprint density at radius 2 is 1.95 bits per heavy atom. The van der Waals surface area contributed by atoms with Crippen LogP contribution in [0.4, 0.5) is 5.69 Å². The molecule has 1 amide bonds. The third kappa shape index (κ3) is 3.63. The van der Waals surface area contributed by atoms with E-state index in [0.29, 0.717) is 11.4 Å². The number of nitrogens with zero attached hydrogens (tertiary/aromatic N) is 1. The number of anilines is 1. The first-order chi connectivity index (χ1) is 9.18. The lowest BCUT2D eigenvalue weighted by Crippen LogP contribution is -2.35. The van der Waals surface area contributed by atoms with Crippen molar-refractivity contribution < 1.29 is 9.53 Å². The minimum absolute atomic E-state index is 0.0729. The molecule has 1 aromatic carbocycles. The van der Waals surface area contributed by atoms with Gasteiger partial charge in [-0.15, -0.1) is 0 Å². The van der Waals surface area contributed by atoms with Gasteiger partial charge >= 0.3 is 0 Å². The second-order valence-corrected chi connectivity index (χ2v) is 5.05. The van der Waals surface area contributed by atoms with E-state index in [1.54, 1.807) is 0 Å². The van der Waals surface area contributed by atoms with Gasteiger partial charge in [-0.2, -0.15) is 0 Å². The lowest BCUT2D eigenvalue weighted by molar-refractivity contribution is -0.133. The minimum atomic E-state index is 0.0729. The molecule has 1 fully saturated rings. The summed E-state index contributed by atoms with van der Waals surface area (Å²) >= 11 is 0. The summed E-state index contributed by atoms with van der Waals surface area (Å²) < 4.78 is 5.60. The van der Waals surface area contributed by atoms with Crippen molar-refractivity contribution >= 4 is 11.6 Å². The predicted octanol–water partition coefficient (Wildman–Crippen LogP) is 2.36. The smallest absolute Gasteiger partial charge is 0.260 e. The summed E-state index contributed by atoms with van der Waals surface area (Å²) in [6, 6.07) is 5.52. The fourth-order valence-electron chi connectivity index (χ4n) is 2.34. The quantitative estimate of drug-likeness (QED) is 0.851. The molecule has 1 aliphatic heterocycles. The Labute approximate surface area is 114 Å². The molecular weight excluding hydrogens is 240 g/mol. The fraction of sp³-hybridized carbons (Fsp3) is 0.533. The highest BCUT2D eigenvalue weighted by Gasteiger charge is 2.16. The van der Waals surface area contributed by atoms with Crippen LogP contribution in [-0.4, -0.2) is 30.5 Å². The summed E-state index contributed by atoms with van der Waals surface area (Å²) in [6.45, 7) is 3.72. The number of rotatable bonds is 3. The van der Waals surface area contributed by atoms with Crippen LogP contribution in [0.25, 0.3) is 0 Å². The third-order valence-electron chi connectivity index (χ3n) is 3.64. The summed E-state index contributed by atoms with van der Waals surface area (Å²) in [5.41, 5.74) is 7.40. The molecule has 2 rings (SSSR count). The first kappa shape index (κ1) is 13.7. The summed E-state index contributed by atoms with van der Waals surface area (Å²) in [6.07, 6.45) is 4.64. The van der Waals surface area contributed by atoms with Crippen LogP contribution in [0.15, 0.2) is 18.2 Å². The monoisotopic (exact) mass is 262 g/mol. The van der Waals surface area contributed by atoms with E-state index < -0.39 is 0 Å². The molecule has 0 bridgehead atoms. The minimum Gasteiger partial charge on any atom is -0.483 e. The Morgan fingerprint density at radius 1 is 1.26 bits per heavy atom. The highest BCUT2D eigenvalue weighted by molar-refractivity contribution is 5.77. The zero-order chi connectivity index (χ0) is 13.7. The zero-order valence-electron chi connectivity index (χ0n) is 11.5. The average Bonchev–Trinajstić information content (AvgIpc) is 2.69. The highest BCUT2D eigenvalue weighted by atomic mass is 16.5. The third-order valence-corrected chi connectivity index (χ3v) is 3.64. The van der Waals surface area contributed by atoms with Crippen LogP contribution < -0.4 is 10.5 Å². The van der Waals surface area contributed by atoms with Crippen LogP contribution in [-0.2, 0) is 4.79 Å². The van der Waals surface area contributed by atoms with Crippen LogP contribution in [0, 0.1) is 6.92 Å². The van der Waals surface area contributed by atoms with Crippen molar-refractivity contribution in [2.45, 2.75) is 32.6 Å². The van der Waals surface area contributed by atoms with E-state index in [2.05, 4.69) is 0 Å². The molecule has 0 unspecified atom stereocenters. The standard InChI is InChI=1S/C15H22N2O2/c1-12-13(16)7-6-8-14(12)19-11-15(18)17-9-4-2-3-5-10-17/h6-8H,2-5,9-11,16H2,1H3. The molecule has 4 nitrogen and oxygen atoms in total. The molecule has 0 spiro atoms. The molecule has 104 valence electrons. The van der Waals surface area contributed by atoms with E-state index in [9.17, 15) is 4.79 Å². The van der Waals surface area contributed by atoms with Gasteiger partial charge in [0.15, 0.2) is 6.61 Å². The van der Waals surface area contributed by atoms with E-state index in [0.717, 1.165) is 31.5 Å². The first-order valence-corrected chi connectivity index (χ1v) is 6.94. The van der Waals surface area contributed by atoms with Crippen molar-refractivity contribution in [3.8, 4) is 5.75 Å². The van der Waals surface area contributed by atoms with Crippen molar-refractivity contribution in [3.63, 3.8) is 0 Å². The molecule has 0 radical (unpaired) electrons. The average molecular weight is 262 g/mol. The van der Waals surface area contributed by atoms with E-state index in [1.165, 1.54) is 12.8 Å². The largest absolute Gasteiger partial charge is 0.483 e. The molecule has 1 heterocycles. The van der Waals surface area contributed by atoms with Gasteiger partial charge in [-0.1, -0.05) is 18.9 Å². The number of likely N-dealkylation sites (tertiary alicyclic amines) is 1. The fourth-order valence-corrected chi connectivity index (χ4v) is 2.34. The first-order valence-electron chi connectivity index (χ1n) is 6.94. The molecule has 1 aliphatic rings. The molecule has 0 atom stereocenters. The maximum Gasteiger partial charge on any atom is 0.260 e. The van der Waals surface area contributed by atoms with E-state index in [-0.39, 0.29) is 12.5 Å². The number of ether oxygens (including phenoxy) is 1. The Kier molecular flexibility index (Phi) is 4.66. The maximum atomic E-state index is 12.1. The van der Waals surface area contributed by atoms with Gasteiger partial charge in [-0.25, -0.2) is 0 Å². The predicted molar refractivity (Wildman–Crippen MR) is 76.1 cm³/mol. The van der Waals surface area contributed by atoms with Gasteiger partial charge in [0.25, 0.3) is 5.91 Å². The Hall–Kier alpha value is -1.71. The molecule has 1 saturated heterocycles. The van der Waals surface area contributed by atoms with Crippen molar-refractivity contribution in [1.29, 1.82) is 0 Å². The van der Waals surface area contributed by atoms with Crippen LogP contribution in [0.3, 0.4) is 0 Å². The van der Waals surface area contributed by atoms with E-state index in [1.807, 2.05) is 30.0 Å². The van der Waals surface area contributed by atoms with Crippen molar-refractivity contribution in [1.82, 2.24) is 4.90 Å². The van der Waals surface area contributed by atoms with Crippen molar-refractivity contribution in [2.75, 3.05) is 25.4 Å². The van der Waals surface area contributed by atoms with Crippen LogP contribution >= 0.6 is 0 Å². The van der Waals surface area contributed by atoms with Gasteiger partial charge in [0.2, 0.25) is 0 Å². The highest BCUT2D eigenvalue weighted by Crippen LogP contribution is 2.22. The molecule has 0 aromatic heterocycles. The Bertz CT molecular complexity index is 438. The zero-order valence-corrected chi connectivity index (χ0v) is 11.5. The summed E-state index contributed by atoms with van der Waals surface area (Å²) in [5.74, 6) is 0.770. The lowest BCUT2D eigenvalue weighted by Gasteiger charge is -2.20.